The molecule has 0 bridgehead atoms. The van der Waals surface area contributed by atoms with Crippen molar-refractivity contribution in [2.45, 2.75) is 52.9 Å². The molecule has 2 aliphatic carbocycles. The van der Waals surface area contributed by atoms with Crippen molar-refractivity contribution in [1.29, 1.82) is 0 Å². The summed E-state index contributed by atoms with van der Waals surface area (Å²) in [5.41, 5.74) is 1.51. The average Bonchev–Trinajstić information content (AvgIpc) is 2.56. The number of carbonyl (C=O) groups excluding carboxylic acids is 1. The molecule has 0 aliphatic heterocycles. The van der Waals surface area contributed by atoms with Gasteiger partial charge in [-0.05, 0) is 38.0 Å². The summed E-state index contributed by atoms with van der Waals surface area (Å²) in [6.45, 7) is 6.70. The molecule has 0 saturated heterocycles. The maximum Gasteiger partial charge on any atom is 0.139 e. The SMILES string of the molecule is CCC1CC(C)=CC(C)C12CCCC2=O. The van der Waals surface area contributed by atoms with Crippen molar-refractivity contribution in [3.63, 3.8) is 0 Å². The first kappa shape index (κ1) is 10.9. The largest absolute Gasteiger partial charge is 0.299 e. The van der Waals surface area contributed by atoms with E-state index in [1.165, 1.54) is 5.57 Å². The summed E-state index contributed by atoms with van der Waals surface area (Å²) in [6.07, 6.45) is 7.72. The van der Waals surface area contributed by atoms with Gasteiger partial charge in [0.25, 0.3) is 0 Å². The minimum Gasteiger partial charge on any atom is -0.299 e. The fourth-order valence-electron chi connectivity index (χ4n) is 3.92. The quantitative estimate of drug-likeness (QED) is 0.597. The Hall–Kier alpha value is -0.590. The Morgan fingerprint density at radius 1 is 1.53 bits per heavy atom. The van der Waals surface area contributed by atoms with E-state index < -0.39 is 0 Å². The van der Waals surface area contributed by atoms with Gasteiger partial charge in [-0.15, -0.1) is 0 Å². The maximum atomic E-state index is 12.2. The first-order chi connectivity index (χ1) is 7.11. The average molecular weight is 206 g/mol. The molecule has 0 amide bonds. The fraction of sp³-hybridized carbons (Fsp3) is 0.786. The molecule has 1 fully saturated rings. The monoisotopic (exact) mass is 206 g/mol. The van der Waals surface area contributed by atoms with Gasteiger partial charge in [-0.1, -0.05) is 31.9 Å². The predicted octanol–water partition coefficient (Wildman–Crippen LogP) is 3.74. The Morgan fingerprint density at radius 2 is 2.27 bits per heavy atom. The van der Waals surface area contributed by atoms with Gasteiger partial charge < -0.3 is 0 Å². The maximum absolute atomic E-state index is 12.2. The Bertz CT molecular complexity index is 302. The lowest BCUT2D eigenvalue weighted by Gasteiger charge is -2.43. The second-order valence-corrected chi connectivity index (χ2v) is 5.43. The summed E-state index contributed by atoms with van der Waals surface area (Å²) in [6, 6.07) is 0. The Kier molecular flexibility index (Phi) is 2.74. The summed E-state index contributed by atoms with van der Waals surface area (Å²) >= 11 is 0. The van der Waals surface area contributed by atoms with Gasteiger partial charge in [0.1, 0.15) is 5.78 Å². The third kappa shape index (κ3) is 1.47. The minimum atomic E-state index is 0.0221. The van der Waals surface area contributed by atoms with E-state index in [1.807, 2.05) is 0 Å². The Balaban J connectivity index is 2.39. The molecule has 2 rings (SSSR count). The lowest BCUT2D eigenvalue weighted by atomic mass is 9.59. The molecule has 0 heterocycles. The van der Waals surface area contributed by atoms with Crippen molar-refractivity contribution in [3.8, 4) is 0 Å². The van der Waals surface area contributed by atoms with Crippen LogP contribution in [0.4, 0.5) is 0 Å². The third-order valence-electron chi connectivity index (χ3n) is 4.65. The molecule has 0 aromatic rings. The van der Waals surface area contributed by atoms with E-state index in [4.69, 9.17) is 0 Å². The van der Waals surface area contributed by atoms with Gasteiger partial charge in [0.05, 0.1) is 0 Å². The zero-order valence-electron chi connectivity index (χ0n) is 10.2. The van der Waals surface area contributed by atoms with Crippen LogP contribution in [0.5, 0.6) is 0 Å². The molecule has 3 atom stereocenters. The fourth-order valence-corrected chi connectivity index (χ4v) is 3.92. The van der Waals surface area contributed by atoms with Crippen molar-refractivity contribution in [2.75, 3.05) is 0 Å². The van der Waals surface area contributed by atoms with Crippen LogP contribution < -0.4 is 0 Å². The number of carbonyl (C=O) groups is 1. The topological polar surface area (TPSA) is 17.1 Å². The molecule has 2 aliphatic rings. The van der Waals surface area contributed by atoms with Gasteiger partial charge in [-0.3, -0.25) is 4.79 Å². The van der Waals surface area contributed by atoms with E-state index in [-0.39, 0.29) is 5.41 Å². The molecule has 3 unspecified atom stereocenters. The van der Waals surface area contributed by atoms with Crippen LogP contribution >= 0.6 is 0 Å². The summed E-state index contributed by atoms with van der Waals surface area (Å²) in [7, 11) is 0. The van der Waals surface area contributed by atoms with Gasteiger partial charge >= 0.3 is 0 Å². The summed E-state index contributed by atoms with van der Waals surface area (Å²) < 4.78 is 0. The van der Waals surface area contributed by atoms with Crippen molar-refractivity contribution in [2.24, 2.45) is 17.3 Å². The molecular weight excluding hydrogens is 184 g/mol. The highest BCUT2D eigenvalue weighted by Gasteiger charge is 2.51. The van der Waals surface area contributed by atoms with Crippen LogP contribution in [0.25, 0.3) is 0 Å². The first-order valence-electron chi connectivity index (χ1n) is 6.32. The van der Waals surface area contributed by atoms with E-state index in [0.29, 0.717) is 17.6 Å². The van der Waals surface area contributed by atoms with Crippen LogP contribution in [-0.2, 0) is 4.79 Å². The van der Waals surface area contributed by atoms with Gasteiger partial charge in [-0.2, -0.15) is 0 Å². The molecule has 15 heavy (non-hydrogen) atoms. The molecular formula is C14H22O. The second kappa shape index (κ2) is 3.77. The molecule has 0 N–H and O–H groups in total. The van der Waals surface area contributed by atoms with Crippen molar-refractivity contribution in [3.05, 3.63) is 11.6 Å². The first-order valence-corrected chi connectivity index (χ1v) is 6.32. The van der Waals surface area contributed by atoms with E-state index in [9.17, 15) is 4.79 Å². The molecule has 1 nitrogen and oxygen atoms in total. The van der Waals surface area contributed by atoms with Gasteiger partial charge in [0.15, 0.2) is 0 Å². The van der Waals surface area contributed by atoms with Gasteiger partial charge in [-0.25, -0.2) is 0 Å². The molecule has 0 aromatic heterocycles. The second-order valence-electron chi connectivity index (χ2n) is 5.43. The molecule has 1 saturated carbocycles. The van der Waals surface area contributed by atoms with Crippen molar-refractivity contribution < 1.29 is 4.79 Å². The lowest BCUT2D eigenvalue weighted by Crippen LogP contribution is -2.42. The minimum absolute atomic E-state index is 0.0221. The smallest absolute Gasteiger partial charge is 0.139 e. The van der Waals surface area contributed by atoms with E-state index in [0.717, 1.165) is 32.1 Å². The lowest BCUT2D eigenvalue weighted by molar-refractivity contribution is -0.131. The summed E-state index contributed by atoms with van der Waals surface area (Å²) in [4.78, 5) is 12.2. The summed E-state index contributed by atoms with van der Waals surface area (Å²) in [5, 5.41) is 0. The van der Waals surface area contributed by atoms with Crippen LogP contribution in [0.2, 0.25) is 0 Å². The summed E-state index contributed by atoms with van der Waals surface area (Å²) in [5.74, 6) is 1.62. The predicted molar refractivity (Wildman–Crippen MR) is 62.6 cm³/mol. The zero-order valence-corrected chi connectivity index (χ0v) is 10.2. The van der Waals surface area contributed by atoms with Crippen LogP contribution in [0.1, 0.15) is 52.9 Å². The molecule has 1 heteroatoms. The van der Waals surface area contributed by atoms with E-state index in [1.54, 1.807) is 0 Å². The van der Waals surface area contributed by atoms with Crippen molar-refractivity contribution in [1.82, 2.24) is 0 Å². The highest BCUT2D eigenvalue weighted by molar-refractivity contribution is 5.88. The Labute approximate surface area is 92.9 Å². The molecule has 1 spiro atoms. The van der Waals surface area contributed by atoms with Crippen LogP contribution in [-0.4, -0.2) is 5.78 Å². The number of hydrogen-bond acceptors (Lipinski definition) is 1. The van der Waals surface area contributed by atoms with Gasteiger partial charge in [0.2, 0.25) is 0 Å². The molecule has 0 radical (unpaired) electrons. The molecule has 84 valence electrons. The van der Waals surface area contributed by atoms with Gasteiger partial charge in [0, 0.05) is 11.8 Å². The highest BCUT2D eigenvalue weighted by atomic mass is 16.1. The normalized spacial score (nSPS) is 41.0. The van der Waals surface area contributed by atoms with E-state index >= 15 is 0 Å². The Morgan fingerprint density at radius 3 is 2.80 bits per heavy atom. The third-order valence-corrected chi connectivity index (χ3v) is 4.65. The number of hydrogen-bond donors (Lipinski definition) is 0. The van der Waals surface area contributed by atoms with Crippen LogP contribution in [0.3, 0.4) is 0 Å². The zero-order chi connectivity index (χ0) is 11.1. The highest BCUT2D eigenvalue weighted by Crippen LogP contribution is 2.53. The van der Waals surface area contributed by atoms with Crippen molar-refractivity contribution >= 4 is 5.78 Å². The number of ketones is 1. The molecule has 0 aromatic carbocycles. The number of allylic oxidation sites excluding steroid dienone is 2. The standard InChI is InChI=1S/C14H22O/c1-4-12-9-10(2)8-11(3)14(12)7-5-6-13(14)15/h8,11-12H,4-7,9H2,1-3H3. The van der Waals surface area contributed by atoms with Crippen LogP contribution in [0.15, 0.2) is 11.6 Å². The number of Topliss-reactive ketones (excluding diaryl/α,β-unsaturated/α-hetero) is 1. The van der Waals surface area contributed by atoms with Crippen LogP contribution in [0, 0.1) is 17.3 Å². The van der Waals surface area contributed by atoms with E-state index in [2.05, 4.69) is 26.8 Å². The number of rotatable bonds is 1.